The van der Waals surface area contributed by atoms with Gasteiger partial charge in [0, 0.05) is 25.7 Å². The van der Waals surface area contributed by atoms with Crippen molar-refractivity contribution in [2.24, 2.45) is 23.7 Å². The Hall–Kier alpha value is -0.0800. The molecule has 0 amide bonds. The number of hydrogen-bond donors (Lipinski definition) is 1. The molecule has 0 heterocycles. The molecule has 3 unspecified atom stereocenters. The molecule has 3 fully saturated rings. The van der Waals surface area contributed by atoms with Gasteiger partial charge in [-0.3, -0.25) is 0 Å². The molecule has 3 rings (SSSR count). The monoisotopic (exact) mass is 292 g/mol. The van der Waals surface area contributed by atoms with E-state index in [1.807, 2.05) is 0 Å². The Kier molecular flexibility index (Phi) is 5.61. The smallest absolute Gasteiger partial charge is 0.0108 e. The van der Waals surface area contributed by atoms with E-state index in [0.717, 1.165) is 36.3 Å². The lowest BCUT2D eigenvalue weighted by Gasteiger charge is -2.39. The minimum Gasteiger partial charge on any atom is -0.314 e. The van der Waals surface area contributed by atoms with E-state index in [0.29, 0.717) is 0 Å². The number of rotatable bonds is 9. The highest BCUT2D eigenvalue weighted by atomic mass is 15.1. The molecule has 0 radical (unpaired) electrons. The van der Waals surface area contributed by atoms with Crippen LogP contribution in [0.4, 0.5) is 0 Å². The molecule has 0 aromatic heterocycles. The summed E-state index contributed by atoms with van der Waals surface area (Å²) in [7, 11) is 0. The third-order valence-electron chi connectivity index (χ3n) is 6.05. The van der Waals surface area contributed by atoms with Crippen molar-refractivity contribution < 1.29 is 0 Å². The van der Waals surface area contributed by atoms with Crippen LogP contribution in [0.2, 0.25) is 0 Å². The van der Waals surface area contributed by atoms with Crippen molar-refractivity contribution in [2.45, 2.75) is 71.3 Å². The molecule has 3 saturated carbocycles. The van der Waals surface area contributed by atoms with Crippen LogP contribution in [-0.2, 0) is 0 Å². The normalized spacial score (nSPS) is 33.6. The van der Waals surface area contributed by atoms with E-state index in [1.165, 1.54) is 71.0 Å². The Bertz CT molecular complexity index is 295. The lowest BCUT2D eigenvalue weighted by molar-refractivity contribution is 0.132. The van der Waals surface area contributed by atoms with Crippen molar-refractivity contribution in [1.29, 1.82) is 0 Å². The van der Waals surface area contributed by atoms with E-state index < -0.39 is 0 Å². The zero-order chi connectivity index (χ0) is 14.7. The molecule has 0 saturated heterocycles. The predicted octanol–water partition coefficient (Wildman–Crippen LogP) is 3.91. The summed E-state index contributed by atoms with van der Waals surface area (Å²) in [5.74, 6) is 3.99. The fourth-order valence-electron chi connectivity index (χ4n) is 4.35. The van der Waals surface area contributed by atoms with Crippen molar-refractivity contribution in [3.05, 3.63) is 0 Å². The first kappa shape index (κ1) is 15.8. The second-order valence-electron chi connectivity index (χ2n) is 8.12. The van der Waals surface area contributed by atoms with Gasteiger partial charge in [-0.25, -0.2) is 0 Å². The molecule has 0 bridgehead atoms. The average molecular weight is 293 g/mol. The van der Waals surface area contributed by atoms with E-state index in [1.54, 1.807) is 0 Å². The molecule has 122 valence electrons. The van der Waals surface area contributed by atoms with E-state index in [4.69, 9.17) is 0 Å². The third-order valence-corrected chi connectivity index (χ3v) is 6.05. The lowest BCUT2D eigenvalue weighted by Crippen LogP contribution is -2.46. The molecule has 0 aromatic carbocycles. The maximum atomic E-state index is 3.80. The molecule has 0 aromatic rings. The summed E-state index contributed by atoms with van der Waals surface area (Å²) < 4.78 is 0. The van der Waals surface area contributed by atoms with E-state index >= 15 is 0 Å². The number of nitrogens with zero attached hydrogens (tertiary/aromatic N) is 1. The van der Waals surface area contributed by atoms with Crippen LogP contribution in [0.15, 0.2) is 0 Å². The fraction of sp³-hybridized carbons (Fsp3) is 1.00. The van der Waals surface area contributed by atoms with Crippen molar-refractivity contribution in [3.63, 3.8) is 0 Å². The minimum absolute atomic E-state index is 0.790. The highest BCUT2D eigenvalue weighted by Crippen LogP contribution is 2.36. The maximum absolute atomic E-state index is 3.80. The van der Waals surface area contributed by atoms with Crippen LogP contribution in [0.25, 0.3) is 0 Å². The zero-order valence-electron chi connectivity index (χ0n) is 14.3. The lowest BCUT2D eigenvalue weighted by atomic mass is 9.76. The summed E-state index contributed by atoms with van der Waals surface area (Å²) in [5, 5.41) is 3.80. The van der Waals surface area contributed by atoms with Crippen LogP contribution in [0.5, 0.6) is 0 Å². The summed E-state index contributed by atoms with van der Waals surface area (Å²) in [5.41, 5.74) is 0. The Morgan fingerprint density at radius 1 is 0.810 bits per heavy atom. The Morgan fingerprint density at radius 3 is 1.95 bits per heavy atom. The summed E-state index contributed by atoms with van der Waals surface area (Å²) in [6.07, 6.45) is 11.7. The largest absolute Gasteiger partial charge is 0.314 e. The third kappa shape index (κ3) is 4.96. The molecule has 3 aliphatic carbocycles. The van der Waals surface area contributed by atoms with Gasteiger partial charge in [0.1, 0.15) is 0 Å². The number of nitrogens with one attached hydrogen (secondary N) is 1. The van der Waals surface area contributed by atoms with Gasteiger partial charge in [-0.05, 0) is 75.2 Å². The predicted molar refractivity (Wildman–Crippen MR) is 90.5 cm³/mol. The molecule has 0 spiro atoms. The average Bonchev–Trinajstić information content (AvgIpc) is 3.37. The van der Waals surface area contributed by atoms with Gasteiger partial charge in [-0.15, -0.1) is 0 Å². The summed E-state index contributed by atoms with van der Waals surface area (Å²) in [6, 6.07) is 0.790. The van der Waals surface area contributed by atoms with Crippen molar-refractivity contribution in [3.8, 4) is 0 Å². The quantitative estimate of drug-likeness (QED) is 0.693. The fourth-order valence-corrected chi connectivity index (χ4v) is 4.35. The second kappa shape index (κ2) is 7.46. The summed E-state index contributed by atoms with van der Waals surface area (Å²) in [6.45, 7) is 9.99. The Balaban J connectivity index is 1.55. The molecular formula is C19H36N2. The van der Waals surface area contributed by atoms with Crippen LogP contribution in [0, 0.1) is 23.7 Å². The highest BCUT2D eigenvalue weighted by Gasteiger charge is 2.34. The summed E-state index contributed by atoms with van der Waals surface area (Å²) in [4.78, 5) is 2.86. The first-order valence-corrected chi connectivity index (χ1v) is 9.74. The van der Waals surface area contributed by atoms with Crippen molar-refractivity contribution >= 4 is 0 Å². The van der Waals surface area contributed by atoms with Gasteiger partial charge >= 0.3 is 0 Å². The highest BCUT2D eigenvalue weighted by molar-refractivity contribution is 4.89. The number of hydrogen-bond acceptors (Lipinski definition) is 2. The maximum Gasteiger partial charge on any atom is 0.0108 e. The summed E-state index contributed by atoms with van der Waals surface area (Å²) >= 11 is 0. The molecule has 1 N–H and O–H groups in total. The van der Waals surface area contributed by atoms with Gasteiger partial charge < -0.3 is 10.2 Å². The van der Waals surface area contributed by atoms with Gasteiger partial charge in [-0.1, -0.05) is 20.3 Å². The molecule has 2 nitrogen and oxygen atoms in total. The van der Waals surface area contributed by atoms with Gasteiger partial charge in [0.2, 0.25) is 0 Å². The van der Waals surface area contributed by atoms with Crippen molar-refractivity contribution in [2.75, 3.05) is 26.2 Å². The van der Waals surface area contributed by atoms with Crippen molar-refractivity contribution in [1.82, 2.24) is 10.2 Å². The SMILES string of the molecule is CCNC1CCC(CC)CC1CN(CC1CC1)CC1CC1. The molecule has 2 heteroatoms. The van der Waals surface area contributed by atoms with E-state index in [2.05, 4.69) is 24.1 Å². The molecule has 0 aliphatic heterocycles. The van der Waals surface area contributed by atoms with Gasteiger partial charge in [0.15, 0.2) is 0 Å². The van der Waals surface area contributed by atoms with E-state index in [9.17, 15) is 0 Å². The first-order chi connectivity index (χ1) is 10.3. The molecule has 3 atom stereocenters. The van der Waals surface area contributed by atoms with Gasteiger partial charge in [-0.2, -0.15) is 0 Å². The standard InChI is InChI=1S/C19H36N2/c1-3-15-9-10-19(20-4-2)18(11-15)14-21(12-16-5-6-16)13-17-7-8-17/h15-20H,3-14H2,1-2H3. The first-order valence-electron chi connectivity index (χ1n) is 9.74. The van der Waals surface area contributed by atoms with Crippen LogP contribution in [0.1, 0.15) is 65.2 Å². The van der Waals surface area contributed by atoms with Gasteiger partial charge in [0.05, 0.1) is 0 Å². The molecular weight excluding hydrogens is 256 g/mol. The van der Waals surface area contributed by atoms with Gasteiger partial charge in [0.25, 0.3) is 0 Å². The zero-order valence-corrected chi connectivity index (χ0v) is 14.3. The second-order valence-corrected chi connectivity index (χ2v) is 8.12. The van der Waals surface area contributed by atoms with Crippen LogP contribution in [-0.4, -0.2) is 37.1 Å². The van der Waals surface area contributed by atoms with Crippen LogP contribution >= 0.6 is 0 Å². The Morgan fingerprint density at radius 2 is 1.43 bits per heavy atom. The topological polar surface area (TPSA) is 15.3 Å². The van der Waals surface area contributed by atoms with E-state index in [-0.39, 0.29) is 0 Å². The molecule has 21 heavy (non-hydrogen) atoms. The Labute approximate surface area is 132 Å². The molecule has 3 aliphatic rings. The van der Waals surface area contributed by atoms with Crippen LogP contribution in [0.3, 0.4) is 0 Å². The van der Waals surface area contributed by atoms with Crippen LogP contribution < -0.4 is 5.32 Å². The minimum atomic E-state index is 0.790.